The van der Waals surface area contributed by atoms with Crippen molar-refractivity contribution in [1.82, 2.24) is 15.0 Å². The van der Waals surface area contributed by atoms with Gasteiger partial charge in [0.05, 0.1) is 17.6 Å². The lowest BCUT2D eigenvalue weighted by Gasteiger charge is -2.08. The van der Waals surface area contributed by atoms with Crippen LogP contribution >= 0.6 is 11.6 Å². The van der Waals surface area contributed by atoms with E-state index in [1.54, 1.807) is 10.9 Å². The van der Waals surface area contributed by atoms with E-state index in [4.69, 9.17) is 17.3 Å². The fraction of sp³-hybridized carbons (Fsp3) is 0.0667. The Morgan fingerprint density at radius 1 is 1.10 bits per heavy atom. The molecule has 0 unspecified atom stereocenters. The first kappa shape index (κ1) is 12.7. The number of hydrogen-bond acceptors (Lipinski definition) is 3. The molecule has 0 fully saturated rings. The van der Waals surface area contributed by atoms with Crippen molar-refractivity contribution in [3.8, 4) is 16.9 Å². The second-order valence-corrected chi connectivity index (χ2v) is 4.99. The van der Waals surface area contributed by atoms with E-state index in [-0.39, 0.29) is 0 Å². The summed E-state index contributed by atoms with van der Waals surface area (Å²) >= 11 is 6.06. The summed E-state index contributed by atoms with van der Waals surface area (Å²) in [5.41, 5.74) is 10.3. The minimum absolute atomic E-state index is 0.720. The summed E-state index contributed by atoms with van der Waals surface area (Å²) < 4.78 is 1.78. The Morgan fingerprint density at radius 2 is 1.85 bits per heavy atom. The van der Waals surface area contributed by atoms with Crippen molar-refractivity contribution in [3.05, 3.63) is 59.2 Å². The molecule has 1 heterocycles. The molecule has 0 bridgehead atoms. The first-order valence-electron chi connectivity index (χ1n) is 6.18. The number of anilines is 1. The number of aromatic nitrogens is 3. The van der Waals surface area contributed by atoms with Crippen molar-refractivity contribution < 1.29 is 0 Å². The molecule has 100 valence electrons. The molecule has 20 heavy (non-hydrogen) atoms. The number of hydrogen-bond donors (Lipinski definition) is 1. The van der Waals surface area contributed by atoms with Crippen LogP contribution in [0.4, 0.5) is 5.69 Å². The summed E-state index contributed by atoms with van der Waals surface area (Å²) in [6.45, 7) is 1.98. The summed E-state index contributed by atoms with van der Waals surface area (Å²) in [4.78, 5) is 0. The molecule has 0 aliphatic heterocycles. The van der Waals surface area contributed by atoms with Gasteiger partial charge < -0.3 is 5.73 Å². The maximum absolute atomic E-state index is 6.06. The van der Waals surface area contributed by atoms with Gasteiger partial charge in [-0.3, -0.25) is 0 Å². The highest BCUT2D eigenvalue weighted by Gasteiger charge is 2.09. The summed E-state index contributed by atoms with van der Waals surface area (Å²) in [6.07, 6.45) is 1.74. The third-order valence-electron chi connectivity index (χ3n) is 3.14. The van der Waals surface area contributed by atoms with Gasteiger partial charge in [-0.05, 0) is 48.9 Å². The zero-order chi connectivity index (χ0) is 14.1. The van der Waals surface area contributed by atoms with Crippen molar-refractivity contribution in [2.45, 2.75) is 6.92 Å². The lowest BCUT2D eigenvalue weighted by molar-refractivity contribution is 0.808. The van der Waals surface area contributed by atoms with Crippen molar-refractivity contribution in [3.63, 3.8) is 0 Å². The van der Waals surface area contributed by atoms with E-state index in [0.29, 0.717) is 0 Å². The van der Waals surface area contributed by atoms with Gasteiger partial charge in [-0.15, -0.1) is 5.10 Å². The van der Waals surface area contributed by atoms with Gasteiger partial charge in [0.2, 0.25) is 0 Å². The molecule has 0 aliphatic rings. The van der Waals surface area contributed by atoms with Gasteiger partial charge in [0.15, 0.2) is 0 Å². The Hall–Kier alpha value is -2.33. The minimum Gasteiger partial charge on any atom is -0.399 e. The van der Waals surface area contributed by atoms with Crippen LogP contribution in [0.5, 0.6) is 0 Å². The molecule has 2 aromatic carbocycles. The topological polar surface area (TPSA) is 56.7 Å². The monoisotopic (exact) mass is 284 g/mol. The Labute approximate surface area is 121 Å². The highest BCUT2D eigenvalue weighted by molar-refractivity contribution is 6.31. The van der Waals surface area contributed by atoms with Gasteiger partial charge >= 0.3 is 0 Å². The average molecular weight is 285 g/mol. The standard InChI is InChI=1S/C15H13ClN4/c1-10-8-11(2-7-14(10)16)15-9-18-19-20(15)13-5-3-12(17)4-6-13/h2-9H,17H2,1H3. The third kappa shape index (κ3) is 2.26. The van der Waals surface area contributed by atoms with E-state index in [1.165, 1.54) is 0 Å². The Balaban J connectivity index is 2.10. The van der Waals surface area contributed by atoms with Crippen molar-refractivity contribution in [2.75, 3.05) is 5.73 Å². The van der Waals surface area contributed by atoms with E-state index < -0.39 is 0 Å². The average Bonchev–Trinajstić information content (AvgIpc) is 2.92. The van der Waals surface area contributed by atoms with Gasteiger partial charge in [0.1, 0.15) is 0 Å². The summed E-state index contributed by atoms with van der Waals surface area (Å²) in [5.74, 6) is 0. The number of halogens is 1. The molecule has 0 atom stereocenters. The predicted molar refractivity (Wildman–Crippen MR) is 81.0 cm³/mol. The van der Waals surface area contributed by atoms with E-state index in [9.17, 15) is 0 Å². The SMILES string of the molecule is Cc1cc(-c2cnnn2-c2ccc(N)cc2)ccc1Cl. The number of nitrogens with two attached hydrogens (primary N) is 1. The number of benzene rings is 2. The molecule has 0 radical (unpaired) electrons. The first-order chi connectivity index (χ1) is 9.65. The van der Waals surface area contributed by atoms with Crippen LogP contribution in [0.3, 0.4) is 0 Å². The minimum atomic E-state index is 0.720. The summed E-state index contributed by atoms with van der Waals surface area (Å²) in [6, 6.07) is 13.4. The second-order valence-electron chi connectivity index (χ2n) is 4.59. The molecule has 4 nitrogen and oxygen atoms in total. The van der Waals surface area contributed by atoms with Gasteiger partial charge in [-0.2, -0.15) is 0 Å². The number of rotatable bonds is 2. The smallest absolute Gasteiger partial charge is 0.0944 e. The van der Waals surface area contributed by atoms with E-state index in [0.717, 1.165) is 33.2 Å². The normalized spacial score (nSPS) is 10.7. The van der Waals surface area contributed by atoms with Crippen LogP contribution in [0.1, 0.15) is 5.56 Å². The lowest BCUT2D eigenvalue weighted by Crippen LogP contribution is -1.99. The summed E-state index contributed by atoms with van der Waals surface area (Å²) in [7, 11) is 0. The zero-order valence-corrected chi connectivity index (χ0v) is 11.7. The van der Waals surface area contributed by atoms with Crippen LogP contribution in [0.25, 0.3) is 16.9 Å². The van der Waals surface area contributed by atoms with Crippen LogP contribution in [-0.2, 0) is 0 Å². The Bertz CT molecular complexity index is 747. The van der Waals surface area contributed by atoms with Gasteiger partial charge in [0.25, 0.3) is 0 Å². The Morgan fingerprint density at radius 3 is 2.55 bits per heavy atom. The van der Waals surface area contributed by atoms with Gasteiger partial charge in [-0.25, -0.2) is 4.68 Å². The predicted octanol–water partition coefficient (Wildman–Crippen LogP) is 3.48. The molecule has 0 amide bonds. The van der Waals surface area contributed by atoms with Gasteiger partial charge in [-0.1, -0.05) is 22.9 Å². The van der Waals surface area contributed by atoms with Crippen molar-refractivity contribution in [2.24, 2.45) is 0 Å². The quantitative estimate of drug-likeness (QED) is 0.733. The fourth-order valence-electron chi connectivity index (χ4n) is 2.04. The van der Waals surface area contributed by atoms with Crippen LogP contribution < -0.4 is 5.73 Å². The molecular weight excluding hydrogens is 272 g/mol. The fourth-order valence-corrected chi connectivity index (χ4v) is 2.16. The molecule has 5 heteroatoms. The number of aryl methyl sites for hydroxylation is 1. The maximum atomic E-state index is 6.06. The van der Waals surface area contributed by atoms with Crippen LogP contribution in [0.15, 0.2) is 48.7 Å². The van der Waals surface area contributed by atoms with Gasteiger partial charge in [0, 0.05) is 16.3 Å². The van der Waals surface area contributed by atoms with E-state index in [1.807, 2.05) is 49.4 Å². The third-order valence-corrected chi connectivity index (χ3v) is 3.56. The lowest BCUT2D eigenvalue weighted by atomic mass is 10.1. The number of nitrogen functional groups attached to an aromatic ring is 1. The summed E-state index contributed by atoms with van der Waals surface area (Å²) in [5, 5.41) is 8.89. The molecule has 0 spiro atoms. The molecule has 3 rings (SSSR count). The zero-order valence-electron chi connectivity index (χ0n) is 10.9. The van der Waals surface area contributed by atoms with E-state index >= 15 is 0 Å². The number of nitrogens with zero attached hydrogens (tertiary/aromatic N) is 3. The molecule has 3 aromatic rings. The van der Waals surface area contributed by atoms with Crippen LogP contribution in [0.2, 0.25) is 5.02 Å². The highest BCUT2D eigenvalue weighted by Crippen LogP contribution is 2.26. The molecule has 0 saturated carbocycles. The van der Waals surface area contributed by atoms with E-state index in [2.05, 4.69) is 10.3 Å². The van der Waals surface area contributed by atoms with Crippen LogP contribution in [0, 0.1) is 6.92 Å². The second kappa shape index (κ2) is 4.98. The highest BCUT2D eigenvalue weighted by atomic mass is 35.5. The molecule has 0 saturated heterocycles. The Kier molecular flexibility index (Phi) is 3.16. The molecule has 1 aromatic heterocycles. The molecular formula is C15H13ClN4. The maximum Gasteiger partial charge on any atom is 0.0944 e. The first-order valence-corrected chi connectivity index (χ1v) is 6.56. The van der Waals surface area contributed by atoms with Crippen molar-refractivity contribution >= 4 is 17.3 Å². The molecule has 0 aliphatic carbocycles. The van der Waals surface area contributed by atoms with Crippen LogP contribution in [-0.4, -0.2) is 15.0 Å². The molecule has 2 N–H and O–H groups in total. The largest absolute Gasteiger partial charge is 0.399 e. The van der Waals surface area contributed by atoms with Crippen molar-refractivity contribution in [1.29, 1.82) is 0 Å².